The van der Waals surface area contributed by atoms with Crippen LogP contribution in [0.2, 0.25) is 0 Å². The van der Waals surface area contributed by atoms with E-state index in [0.29, 0.717) is 19.0 Å². The van der Waals surface area contributed by atoms with Crippen LogP contribution in [0.5, 0.6) is 0 Å². The topological polar surface area (TPSA) is 58.0 Å². The average Bonchev–Trinajstić information content (AvgIpc) is 2.91. The van der Waals surface area contributed by atoms with Crippen LogP contribution >= 0.6 is 11.8 Å². The fraction of sp³-hybridized carbons (Fsp3) is 0.172. The van der Waals surface area contributed by atoms with Gasteiger partial charge in [0.1, 0.15) is 0 Å². The number of ether oxygens (including phenoxy) is 1. The third-order valence-corrected chi connectivity index (χ3v) is 7.36. The second-order valence-electron chi connectivity index (χ2n) is 7.95. The van der Waals surface area contributed by atoms with E-state index in [-0.39, 0.29) is 6.04 Å². The highest BCUT2D eigenvalue weighted by molar-refractivity contribution is 8.00. The van der Waals surface area contributed by atoms with Crippen molar-refractivity contribution in [3.63, 3.8) is 0 Å². The molecule has 0 unspecified atom stereocenters. The van der Waals surface area contributed by atoms with Gasteiger partial charge in [0, 0.05) is 10.7 Å². The maximum Gasteiger partial charge on any atom is 0.0907 e. The fourth-order valence-corrected chi connectivity index (χ4v) is 5.58. The molecule has 0 aliphatic rings. The van der Waals surface area contributed by atoms with Crippen molar-refractivity contribution in [2.45, 2.75) is 17.4 Å². The largest absolute Gasteiger partial charge is 0.376 e. The van der Waals surface area contributed by atoms with Crippen molar-refractivity contribution in [3.8, 4) is 0 Å². The van der Waals surface area contributed by atoms with E-state index >= 15 is 0 Å². The Balaban J connectivity index is 1.64. The summed E-state index contributed by atoms with van der Waals surface area (Å²) in [5, 5.41) is 4.07. The van der Waals surface area contributed by atoms with Gasteiger partial charge in [0.2, 0.25) is 0 Å². The summed E-state index contributed by atoms with van der Waals surface area (Å²) in [6.45, 7) is 0.852. The number of azide groups is 1. The van der Waals surface area contributed by atoms with Crippen LogP contribution < -0.4 is 0 Å². The highest BCUT2D eigenvalue weighted by atomic mass is 32.2. The third-order valence-electron chi connectivity index (χ3n) is 5.67. The van der Waals surface area contributed by atoms with E-state index in [9.17, 15) is 5.53 Å². The van der Waals surface area contributed by atoms with E-state index in [1.165, 1.54) is 16.7 Å². The first-order valence-electron chi connectivity index (χ1n) is 11.3. The molecule has 0 fully saturated rings. The Bertz CT molecular complexity index is 1080. The number of hydrogen-bond donors (Lipinski definition) is 0. The van der Waals surface area contributed by atoms with Crippen LogP contribution in [0.4, 0.5) is 0 Å². The summed E-state index contributed by atoms with van der Waals surface area (Å²) in [4.78, 5) is 3.11. The van der Waals surface area contributed by atoms with Gasteiger partial charge in [-0.15, -0.1) is 11.8 Å². The lowest BCUT2D eigenvalue weighted by Crippen LogP contribution is -2.28. The smallest absolute Gasteiger partial charge is 0.0907 e. The molecule has 0 aliphatic carbocycles. The van der Waals surface area contributed by atoms with E-state index in [1.807, 2.05) is 48.5 Å². The maximum atomic E-state index is 9.23. The molecule has 170 valence electrons. The van der Waals surface area contributed by atoms with Crippen molar-refractivity contribution in [1.82, 2.24) is 0 Å². The molecule has 4 aromatic rings. The molecule has 4 rings (SSSR count). The molecule has 0 aliphatic heterocycles. The van der Waals surface area contributed by atoms with Gasteiger partial charge in [0.15, 0.2) is 0 Å². The van der Waals surface area contributed by atoms with Crippen LogP contribution in [0.25, 0.3) is 10.4 Å². The van der Waals surface area contributed by atoms with Gasteiger partial charge in [0.05, 0.1) is 24.0 Å². The number of nitrogens with zero attached hydrogens (tertiary/aromatic N) is 3. The van der Waals surface area contributed by atoms with Crippen molar-refractivity contribution < 1.29 is 4.74 Å². The predicted molar refractivity (Wildman–Crippen MR) is 141 cm³/mol. The molecule has 4 aromatic carbocycles. The molecule has 0 spiro atoms. The second-order valence-corrected chi connectivity index (χ2v) is 9.18. The Kier molecular flexibility index (Phi) is 8.42. The second kappa shape index (κ2) is 12.1. The Morgan fingerprint density at radius 3 is 1.59 bits per heavy atom. The molecule has 0 bridgehead atoms. The van der Waals surface area contributed by atoms with Crippen LogP contribution in [0.15, 0.2) is 126 Å². The molecule has 0 amide bonds. The molecular formula is C29H27N3OS. The van der Waals surface area contributed by atoms with Gasteiger partial charge in [0.25, 0.3) is 0 Å². The highest BCUT2D eigenvalue weighted by Crippen LogP contribution is 2.48. The third kappa shape index (κ3) is 5.70. The van der Waals surface area contributed by atoms with Crippen LogP contribution in [0.1, 0.15) is 22.3 Å². The normalized spacial score (nSPS) is 12.0. The lowest BCUT2D eigenvalue weighted by Gasteiger charge is -2.36. The van der Waals surface area contributed by atoms with E-state index in [2.05, 4.69) is 82.8 Å². The summed E-state index contributed by atoms with van der Waals surface area (Å²) in [5.41, 5.74) is 13.9. The molecule has 4 nitrogen and oxygen atoms in total. The minimum atomic E-state index is -0.452. The zero-order chi connectivity index (χ0) is 23.5. The predicted octanol–water partition coefficient (Wildman–Crippen LogP) is 7.61. The highest BCUT2D eigenvalue weighted by Gasteiger charge is 2.37. The summed E-state index contributed by atoms with van der Waals surface area (Å²) < 4.78 is 5.49. The Hall–Kier alpha value is -3.50. The molecule has 0 aromatic heterocycles. The number of hydrogen-bond acceptors (Lipinski definition) is 3. The fourth-order valence-electron chi connectivity index (χ4n) is 4.06. The first-order chi connectivity index (χ1) is 16.8. The molecule has 0 N–H and O–H groups in total. The van der Waals surface area contributed by atoms with Gasteiger partial charge in [-0.2, -0.15) is 0 Å². The quantitative estimate of drug-likeness (QED) is 0.0990. The minimum Gasteiger partial charge on any atom is -0.376 e. The Labute approximate surface area is 205 Å². The van der Waals surface area contributed by atoms with Crippen molar-refractivity contribution in [3.05, 3.63) is 154 Å². The van der Waals surface area contributed by atoms with E-state index in [1.54, 1.807) is 11.8 Å². The summed E-state index contributed by atoms with van der Waals surface area (Å²) in [6, 6.07) is 41.3. The van der Waals surface area contributed by atoms with Gasteiger partial charge < -0.3 is 4.74 Å². The van der Waals surface area contributed by atoms with Gasteiger partial charge in [-0.1, -0.05) is 126 Å². The average molecular weight is 466 g/mol. The molecule has 0 saturated carbocycles. The number of rotatable bonds is 11. The Morgan fingerprint density at radius 1 is 0.706 bits per heavy atom. The van der Waals surface area contributed by atoms with Gasteiger partial charge in [-0.25, -0.2) is 0 Å². The minimum absolute atomic E-state index is 0.297. The van der Waals surface area contributed by atoms with E-state index in [0.717, 1.165) is 5.56 Å². The van der Waals surface area contributed by atoms with E-state index < -0.39 is 4.75 Å². The molecule has 0 radical (unpaired) electrons. The first-order valence-corrected chi connectivity index (χ1v) is 12.3. The summed E-state index contributed by atoms with van der Waals surface area (Å²) >= 11 is 1.78. The van der Waals surface area contributed by atoms with Crippen LogP contribution in [-0.4, -0.2) is 18.4 Å². The summed E-state index contributed by atoms with van der Waals surface area (Å²) in [7, 11) is 0. The zero-order valence-corrected chi connectivity index (χ0v) is 19.7. The lowest BCUT2D eigenvalue weighted by molar-refractivity contribution is 0.112. The molecule has 34 heavy (non-hydrogen) atoms. The van der Waals surface area contributed by atoms with Gasteiger partial charge in [-0.05, 0) is 27.8 Å². The standard InChI is InChI=1S/C29H27N3OS/c30-32-31-28(22-33-21-24-13-5-1-6-14-24)23-34-29(25-15-7-2-8-16-25,26-17-9-3-10-18-26)27-19-11-4-12-20-27/h1-20,28H,21-23H2/t28-/m0/s1. The number of thioether (sulfide) groups is 1. The van der Waals surface area contributed by atoms with Gasteiger partial charge in [-0.3, -0.25) is 0 Å². The molecule has 0 heterocycles. The molecule has 0 saturated heterocycles. The van der Waals surface area contributed by atoms with Crippen molar-refractivity contribution in [1.29, 1.82) is 0 Å². The molecular weight excluding hydrogens is 438 g/mol. The Morgan fingerprint density at radius 2 is 1.15 bits per heavy atom. The first kappa shape index (κ1) is 23.7. The summed E-state index contributed by atoms with van der Waals surface area (Å²) in [6.07, 6.45) is 0. The SMILES string of the molecule is [N-]=[N+]=N[C@@H](COCc1ccccc1)CSC(c1ccccc1)(c1ccccc1)c1ccccc1. The van der Waals surface area contributed by atoms with Gasteiger partial charge >= 0.3 is 0 Å². The summed E-state index contributed by atoms with van der Waals surface area (Å²) in [5.74, 6) is 0.609. The zero-order valence-electron chi connectivity index (χ0n) is 18.9. The molecule has 1 atom stereocenters. The molecule has 5 heteroatoms. The van der Waals surface area contributed by atoms with Crippen molar-refractivity contribution in [2.75, 3.05) is 12.4 Å². The van der Waals surface area contributed by atoms with Crippen molar-refractivity contribution in [2.24, 2.45) is 5.11 Å². The van der Waals surface area contributed by atoms with Crippen molar-refractivity contribution >= 4 is 11.8 Å². The van der Waals surface area contributed by atoms with E-state index in [4.69, 9.17) is 4.74 Å². The van der Waals surface area contributed by atoms with Crippen LogP contribution in [0, 0.1) is 0 Å². The lowest BCUT2D eigenvalue weighted by atomic mass is 9.84. The maximum absolute atomic E-state index is 9.23. The monoisotopic (exact) mass is 465 g/mol. The van der Waals surface area contributed by atoms with Crippen LogP contribution in [0.3, 0.4) is 0 Å². The number of benzene rings is 4. The van der Waals surface area contributed by atoms with Crippen LogP contribution in [-0.2, 0) is 16.1 Å².